The highest BCUT2D eigenvalue weighted by Gasteiger charge is 2.28. The van der Waals surface area contributed by atoms with Gasteiger partial charge in [-0.1, -0.05) is 57.2 Å². The Kier molecular flexibility index (Phi) is 6.17. The maximum Gasteiger partial charge on any atom is 0.331 e. The van der Waals surface area contributed by atoms with Gasteiger partial charge in [-0.05, 0) is 22.4 Å². The molecular formula is C22H25N3O3S. The molecule has 29 heavy (non-hydrogen) atoms. The number of nitrogens with one attached hydrogen (secondary N) is 1. The average molecular weight is 412 g/mol. The molecule has 2 aromatic heterocycles. The van der Waals surface area contributed by atoms with Gasteiger partial charge < -0.3 is 5.32 Å². The molecule has 0 radical (unpaired) electrons. The monoisotopic (exact) mass is 411 g/mol. The van der Waals surface area contributed by atoms with E-state index in [1.165, 1.54) is 16.8 Å². The quantitative estimate of drug-likeness (QED) is 0.678. The van der Waals surface area contributed by atoms with Crippen molar-refractivity contribution in [2.75, 3.05) is 0 Å². The minimum atomic E-state index is -0.500. The molecule has 0 saturated carbocycles. The first-order valence-electron chi connectivity index (χ1n) is 9.42. The summed E-state index contributed by atoms with van der Waals surface area (Å²) in [6, 6.07) is 14.5. The standard InChI is InChI=1S/C22H25N3O3S/c1-22(2,3)20(17-10-7-13-29-17)23-18(26)15-25-19(27)11-12-24(21(25)28)14-16-8-5-4-6-9-16/h4-13,20H,14-15H2,1-3H3,(H,23,26). The van der Waals surface area contributed by atoms with Crippen LogP contribution in [0.15, 0.2) is 69.7 Å². The van der Waals surface area contributed by atoms with E-state index in [2.05, 4.69) is 5.32 Å². The van der Waals surface area contributed by atoms with E-state index in [0.29, 0.717) is 6.54 Å². The second kappa shape index (κ2) is 8.61. The lowest BCUT2D eigenvalue weighted by Crippen LogP contribution is -2.45. The van der Waals surface area contributed by atoms with Gasteiger partial charge in [0, 0.05) is 17.1 Å². The van der Waals surface area contributed by atoms with E-state index < -0.39 is 11.2 Å². The van der Waals surface area contributed by atoms with E-state index in [0.717, 1.165) is 15.0 Å². The number of nitrogens with zero attached hydrogens (tertiary/aromatic N) is 2. The van der Waals surface area contributed by atoms with Crippen molar-refractivity contribution in [1.29, 1.82) is 0 Å². The van der Waals surface area contributed by atoms with Crippen LogP contribution in [0.2, 0.25) is 0 Å². The number of carbonyl (C=O) groups excluding carboxylic acids is 1. The van der Waals surface area contributed by atoms with E-state index in [9.17, 15) is 14.4 Å². The molecule has 1 amide bonds. The van der Waals surface area contributed by atoms with E-state index in [4.69, 9.17) is 0 Å². The topological polar surface area (TPSA) is 73.1 Å². The molecule has 1 atom stereocenters. The van der Waals surface area contributed by atoms with E-state index in [-0.39, 0.29) is 23.9 Å². The SMILES string of the molecule is CC(C)(C)C(NC(=O)Cn1c(=O)ccn(Cc2ccccc2)c1=O)c1cccs1. The molecule has 0 fully saturated rings. The Balaban J connectivity index is 1.82. The van der Waals surface area contributed by atoms with Crippen molar-refractivity contribution >= 4 is 17.2 Å². The Bertz CT molecular complexity index is 1080. The van der Waals surface area contributed by atoms with Crippen LogP contribution in [0.1, 0.15) is 37.3 Å². The molecule has 0 aliphatic carbocycles. The molecule has 0 aliphatic heterocycles. The van der Waals surface area contributed by atoms with Crippen LogP contribution >= 0.6 is 11.3 Å². The first kappa shape index (κ1) is 20.8. The Morgan fingerprint density at radius 2 is 1.79 bits per heavy atom. The van der Waals surface area contributed by atoms with Crippen LogP contribution in [0.5, 0.6) is 0 Å². The molecular weight excluding hydrogens is 386 g/mol. The number of hydrogen-bond acceptors (Lipinski definition) is 4. The third-order valence-electron chi connectivity index (χ3n) is 4.64. The summed E-state index contributed by atoms with van der Waals surface area (Å²) in [6.45, 7) is 6.14. The smallest absolute Gasteiger partial charge is 0.331 e. The lowest BCUT2D eigenvalue weighted by molar-refractivity contribution is -0.123. The Labute approximate surface area is 173 Å². The fraction of sp³-hybridized carbons (Fsp3) is 0.318. The fourth-order valence-electron chi connectivity index (χ4n) is 3.12. The molecule has 0 saturated heterocycles. The average Bonchev–Trinajstić information content (AvgIpc) is 3.20. The summed E-state index contributed by atoms with van der Waals surface area (Å²) in [4.78, 5) is 38.8. The number of carbonyl (C=O) groups is 1. The number of benzene rings is 1. The molecule has 6 nitrogen and oxygen atoms in total. The molecule has 2 heterocycles. The Morgan fingerprint density at radius 1 is 1.07 bits per heavy atom. The molecule has 1 aromatic carbocycles. The van der Waals surface area contributed by atoms with Gasteiger partial charge >= 0.3 is 5.69 Å². The minimum absolute atomic E-state index is 0.207. The Morgan fingerprint density at radius 3 is 2.41 bits per heavy atom. The highest BCUT2D eigenvalue weighted by molar-refractivity contribution is 7.10. The summed E-state index contributed by atoms with van der Waals surface area (Å²) in [6.07, 6.45) is 1.47. The van der Waals surface area contributed by atoms with E-state index in [1.54, 1.807) is 11.3 Å². The second-order valence-corrected chi connectivity index (χ2v) is 9.00. The van der Waals surface area contributed by atoms with Crippen molar-refractivity contribution in [2.45, 2.75) is 39.9 Å². The molecule has 0 spiro atoms. The predicted molar refractivity (Wildman–Crippen MR) is 115 cm³/mol. The molecule has 3 rings (SSSR count). The van der Waals surface area contributed by atoms with Crippen molar-refractivity contribution in [3.63, 3.8) is 0 Å². The zero-order valence-corrected chi connectivity index (χ0v) is 17.6. The lowest BCUT2D eigenvalue weighted by Gasteiger charge is -2.30. The van der Waals surface area contributed by atoms with Gasteiger partial charge in [-0.25, -0.2) is 4.79 Å². The molecule has 7 heteroatoms. The van der Waals surface area contributed by atoms with Crippen molar-refractivity contribution < 1.29 is 4.79 Å². The second-order valence-electron chi connectivity index (χ2n) is 8.02. The zero-order valence-electron chi connectivity index (χ0n) is 16.8. The highest BCUT2D eigenvalue weighted by Crippen LogP contribution is 2.34. The van der Waals surface area contributed by atoms with E-state index >= 15 is 0 Å². The predicted octanol–water partition coefficient (Wildman–Crippen LogP) is 3.02. The largest absolute Gasteiger partial charge is 0.346 e. The molecule has 0 bridgehead atoms. The maximum absolute atomic E-state index is 12.8. The number of rotatable bonds is 6. The number of hydrogen-bond donors (Lipinski definition) is 1. The van der Waals surface area contributed by atoms with Crippen LogP contribution in [-0.2, 0) is 17.9 Å². The third kappa shape index (κ3) is 5.12. The van der Waals surface area contributed by atoms with Gasteiger partial charge in [0.05, 0.1) is 12.6 Å². The van der Waals surface area contributed by atoms with Crippen molar-refractivity contribution in [2.24, 2.45) is 5.41 Å². The summed E-state index contributed by atoms with van der Waals surface area (Å²) in [5, 5.41) is 4.96. The summed E-state index contributed by atoms with van der Waals surface area (Å²) >= 11 is 1.57. The Hall–Kier alpha value is -2.93. The van der Waals surface area contributed by atoms with Crippen molar-refractivity contribution in [3.05, 3.63) is 91.4 Å². The summed E-state index contributed by atoms with van der Waals surface area (Å²) < 4.78 is 2.41. The number of aromatic nitrogens is 2. The third-order valence-corrected chi connectivity index (χ3v) is 5.57. The summed E-state index contributed by atoms with van der Waals surface area (Å²) in [5.41, 5.74) is -0.261. The van der Waals surface area contributed by atoms with Gasteiger partial charge in [0.15, 0.2) is 0 Å². The summed E-state index contributed by atoms with van der Waals surface area (Å²) in [7, 11) is 0. The normalized spacial score (nSPS) is 12.5. The zero-order chi connectivity index (χ0) is 21.0. The van der Waals surface area contributed by atoms with Crippen LogP contribution in [0.25, 0.3) is 0 Å². The fourth-order valence-corrected chi connectivity index (χ4v) is 4.14. The number of amides is 1. The van der Waals surface area contributed by atoms with Crippen molar-refractivity contribution in [3.8, 4) is 0 Å². The van der Waals surface area contributed by atoms with Crippen LogP contribution in [0, 0.1) is 5.41 Å². The van der Waals surface area contributed by atoms with Gasteiger partial charge in [0.25, 0.3) is 5.56 Å². The number of thiophene rings is 1. The molecule has 0 aliphatic rings. The molecule has 3 aromatic rings. The van der Waals surface area contributed by atoms with Gasteiger partial charge in [0.2, 0.25) is 5.91 Å². The minimum Gasteiger partial charge on any atom is -0.346 e. The highest BCUT2D eigenvalue weighted by atomic mass is 32.1. The first-order chi connectivity index (χ1) is 13.8. The van der Waals surface area contributed by atoms with Crippen LogP contribution < -0.4 is 16.6 Å². The van der Waals surface area contributed by atoms with Gasteiger partial charge in [-0.3, -0.25) is 18.7 Å². The first-order valence-corrected chi connectivity index (χ1v) is 10.3. The maximum atomic E-state index is 12.8. The van der Waals surface area contributed by atoms with Gasteiger partial charge in [-0.2, -0.15) is 0 Å². The molecule has 1 N–H and O–H groups in total. The van der Waals surface area contributed by atoms with E-state index in [1.807, 2.05) is 68.6 Å². The van der Waals surface area contributed by atoms with Crippen LogP contribution in [0.3, 0.4) is 0 Å². The van der Waals surface area contributed by atoms with Gasteiger partial charge in [0.1, 0.15) is 6.54 Å². The lowest BCUT2D eigenvalue weighted by atomic mass is 9.85. The summed E-state index contributed by atoms with van der Waals surface area (Å²) in [5.74, 6) is -0.366. The van der Waals surface area contributed by atoms with Crippen LogP contribution in [-0.4, -0.2) is 15.0 Å². The van der Waals surface area contributed by atoms with Gasteiger partial charge in [-0.15, -0.1) is 11.3 Å². The molecule has 152 valence electrons. The van der Waals surface area contributed by atoms with Crippen molar-refractivity contribution in [1.82, 2.24) is 14.5 Å². The van der Waals surface area contributed by atoms with Crippen LogP contribution in [0.4, 0.5) is 0 Å². The molecule has 1 unspecified atom stereocenters.